The van der Waals surface area contributed by atoms with Crippen molar-refractivity contribution < 1.29 is 9.18 Å². The molecule has 0 radical (unpaired) electrons. The van der Waals surface area contributed by atoms with Crippen LogP contribution in [0.5, 0.6) is 0 Å². The minimum Gasteiger partial charge on any atom is -0.351 e. The maximum Gasteiger partial charge on any atom is 0.267 e. The van der Waals surface area contributed by atoms with Gasteiger partial charge in [0, 0.05) is 17.4 Å². The molecule has 0 unspecified atom stereocenters. The second-order valence-electron chi connectivity index (χ2n) is 3.81. The molecule has 0 spiro atoms. The van der Waals surface area contributed by atoms with Gasteiger partial charge in [-0.3, -0.25) is 4.79 Å². The fraction of sp³-hybridized carbons (Fsp3) is 0.250. The van der Waals surface area contributed by atoms with Gasteiger partial charge in [-0.05, 0) is 37.2 Å². The maximum atomic E-state index is 13.0. The van der Waals surface area contributed by atoms with Gasteiger partial charge in [0.15, 0.2) is 0 Å². The molecule has 1 heterocycles. The van der Waals surface area contributed by atoms with E-state index >= 15 is 0 Å². The Balaban J connectivity index is 2.15. The highest BCUT2D eigenvalue weighted by molar-refractivity contribution is 5.97. The first kappa shape index (κ1) is 11.6. The van der Waals surface area contributed by atoms with Crippen LogP contribution in [0.2, 0.25) is 0 Å². The fourth-order valence-electron chi connectivity index (χ4n) is 1.62. The van der Waals surface area contributed by atoms with Crippen LogP contribution >= 0.6 is 0 Å². The summed E-state index contributed by atoms with van der Waals surface area (Å²) in [5, 5.41) is 3.55. The van der Waals surface area contributed by atoms with Crippen molar-refractivity contribution in [2.45, 2.75) is 6.42 Å². The number of benzene rings is 1. The van der Waals surface area contributed by atoms with Gasteiger partial charge >= 0.3 is 0 Å². The average molecular weight is 235 g/mol. The first-order chi connectivity index (χ1) is 8.20. The molecule has 0 aliphatic heterocycles. The number of nitrogens with two attached hydrogens (primary N) is 1. The molecule has 0 atom stereocenters. The first-order valence-corrected chi connectivity index (χ1v) is 5.47. The quantitative estimate of drug-likeness (QED) is 0.701. The molecule has 2 rings (SSSR count). The molecular weight excluding hydrogens is 221 g/mol. The number of fused-ring (bicyclic) bond motifs is 1. The Kier molecular flexibility index (Phi) is 3.39. The highest BCUT2D eigenvalue weighted by atomic mass is 19.1. The lowest BCUT2D eigenvalue weighted by atomic mass is 10.2. The summed E-state index contributed by atoms with van der Waals surface area (Å²) in [6, 6.07) is 6.07. The van der Waals surface area contributed by atoms with E-state index in [1.807, 2.05) is 0 Å². The van der Waals surface area contributed by atoms with Crippen LogP contribution in [0, 0.1) is 5.82 Å². The van der Waals surface area contributed by atoms with Crippen LogP contribution < -0.4 is 11.1 Å². The second-order valence-corrected chi connectivity index (χ2v) is 3.81. The molecule has 4 N–H and O–H groups in total. The van der Waals surface area contributed by atoms with Crippen molar-refractivity contribution in [1.29, 1.82) is 0 Å². The summed E-state index contributed by atoms with van der Waals surface area (Å²) in [5.74, 6) is -0.524. The fourth-order valence-corrected chi connectivity index (χ4v) is 1.62. The number of amides is 1. The monoisotopic (exact) mass is 235 g/mol. The number of halogens is 1. The topological polar surface area (TPSA) is 70.9 Å². The zero-order chi connectivity index (χ0) is 12.3. The van der Waals surface area contributed by atoms with Crippen molar-refractivity contribution in [3.05, 3.63) is 35.8 Å². The molecule has 2 aromatic rings. The smallest absolute Gasteiger partial charge is 0.267 e. The van der Waals surface area contributed by atoms with Crippen molar-refractivity contribution in [1.82, 2.24) is 10.3 Å². The van der Waals surface area contributed by atoms with E-state index in [9.17, 15) is 9.18 Å². The van der Waals surface area contributed by atoms with Crippen LogP contribution in [-0.4, -0.2) is 24.0 Å². The number of aromatic amines is 1. The Morgan fingerprint density at radius 1 is 1.41 bits per heavy atom. The summed E-state index contributed by atoms with van der Waals surface area (Å²) in [4.78, 5) is 14.6. The summed E-state index contributed by atoms with van der Waals surface area (Å²) < 4.78 is 13.0. The molecule has 0 aliphatic carbocycles. The Labute approximate surface area is 98.0 Å². The molecule has 1 amide bonds. The van der Waals surface area contributed by atoms with Gasteiger partial charge < -0.3 is 16.0 Å². The Morgan fingerprint density at radius 2 is 2.24 bits per heavy atom. The number of carbonyl (C=O) groups is 1. The minimum absolute atomic E-state index is 0.199. The van der Waals surface area contributed by atoms with Crippen molar-refractivity contribution in [3.8, 4) is 0 Å². The first-order valence-electron chi connectivity index (χ1n) is 5.47. The van der Waals surface area contributed by atoms with Crippen LogP contribution in [0.15, 0.2) is 24.3 Å². The SMILES string of the molecule is NCCCNC(=O)c1cc2ccc(F)cc2[nH]1. The number of hydrogen-bond donors (Lipinski definition) is 3. The highest BCUT2D eigenvalue weighted by Crippen LogP contribution is 2.16. The molecule has 0 fully saturated rings. The van der Waals surface area contributed by atoms with E-state index in [0.717, 1.165) is 11.8 Å². The van der Waals surface area contributed by atoms with Crippen LogP contribution in [0.3, 0.4) is 0 Å². The van der Waals surface area contributed by atoms with E-state index < -0.39 is 0 Å². The number of hydrogen-bond acceptors (Lipinski definition) is 2. The summed E-state index contributed by atoms with van der Waals surface area (Å²) >= 11 is 0. The van der Waals surface area contributed by atoms with Crippen LogP contribution in [0.25, 0.3) is 10.9 Å². The molecule has 1 aromatic heterocycles. The Morgan fingerprint density at radius 3 is 3.00 bits per heavy atom. The summed E-state index contributed by atoms with van der Waals surface area (Å²) in [6.07, 6.45) is 0.737. The van der Waals surface area contributed by atoms with Gasteiger partial charge in [-0.15, -0.1) is 0 Å². The lowest BCUT2D eigenvalue weighted by Crippen LogP contribution is -2.26. The molecule has 4 nitrogen and oxygen atoms in total. The van der Waals surface area contributed by atoms with E-state index in [1.54, 1.807) is 12.1 Å². The Hall–Kier alpha value is -1.88. The zero-order valence-electron chi connectivity index (χ0n) is 9.29. The summed E-state index contributed by atoms with van der Waals surface area (Å²) in [6.45, 7) is 1.08. The molecule has 5 heteroatoms. The largest absolute Gasteiger partial charge is 0.351 e. The molecule has 0 aliphatic rings. The van der Waals surface area contributed by atoms with Gasteiger partial charge in [-0.2, -0.15) is 0 Å². The van der Waals surface area contributed by atoms with Gasteiger partial charge in [0.05, 0.1) is 0 Å². The van der Waals surface area contributed by atoms with Crippen molar-refractivity contribution in [2.24, 2.45) is 5.73 Å². The average Bonchev–Trinajstić information content (AvgIpc) is 2.72. The summed E-state index contributed by atoms with van der Waals surface area (Å²) in [5.41, 5.74) is 6.38. The van der Waals surface area contributed by atoms with E-state index in [-0.39, 0.29) is 11.7 Å². The molecule has 90 valence electrons. The molecule has 17 heavy (non-hydrogen) atoms. The van der Waals surface area contributed by atoms with Crippen molar-refractivity contribution in [3.63, 3.8) is 0 Å². The van der Waals surface area contributed by atoms with Gasteiger partial charge in [-0.25, -0.2) is 4.39 Å². The van der Waals surface area contributed by atoms with E-state index in [0.29, 0.717) is 24.3 Å². The molecule has 0 saturated carbocycles. The summed E-state index contributed by atoms with van der Waals surface area (Å²) in [7, 11) is 0. The molecule has 0 saturated heterocycles. The normalized spacial score (nSPS) is 10.7. The lowest BCUT2D eigenvalue weighted by Gasteiger charge is -2.01. The van der Waals surface area contributed by atoms with Crippen LogP contribution in [0.1, 0.15) is 16.9 Å². The highest BCUT2D eigenvalue weighted by Gasteiger charge is 2.08. The van der Waals surface area contributed by atoms with Gasteiger partial charge in [-0.1, -0.05) is 0 Å². The zero-order valence-corrected chi connectivity index (χ0v) is 9.29. The third-order valence-electron chi connectivity index (χ3n) is 2.50. The van der Waals surface area contributed by atoms with Crippen LogP contribution in [-0.2, 0) is 0 Å². The number of carbonyl (C=O) groups excluding carboxylic acids is 1. The number of H-pyrrole nitrogens is 1. The van der Waals surface area contributed by atoms with Gasteiger partial charge in [0.25, 0.3) is 5.91 Å². The minimum atomic E-state index is -0.325. The van der Waals surface area contributed by atoms with E-state index in [1.165, 1.54) is 12.1 Å². The number of aromatic nitrogens is 1. The standard InChI is InChI=1S/C12H14FN3O/c13-9-3-2-8-6-11(16-10(8)7-9)12(17)15-5-1-4-14/h2-3,6-7,16H,1,4-5,14H2,(H,15,17). The Bertz CT molecular complexity index is 536. The van der Waals surface area contributed by atoms with Crippen LogP contribution in [0.4, 0.5) is 4.39 Å². The molecule has 0 bridgehead atoms. The lowest BCUT2D eigenvalue weighted by molar-refractivity contribution is 0.0949. The second kappa shape index (κ2) is 4.97. The predicted octanol–water partition coefficient (Wildman–Crippen LogP) is 1.39. The molecular formula is C12H14FN3O. The van der Waals surface area contributed by atoms with Gasteiger partial charge in [0.2, 0.25) is 0 Å². The van der Waals surface area contributed by atoms with Gasteiger partial charge in [0.1, 0.15) is 11.5 Å². The molecule has 1 aromatic carbocycles. The van der Waals surface area contributed by atoms with E-state index in [2.05, 4.69) is 10.3 Å². The van der Waals surface area contributed by atoms with Crippen molar-refractivity contribution >= 4 is 16.8 Å². The number of nitrogens with one attached hydrogen (secondary N) is 2. The van der Waals surface area contributed by atoms with Crippen molar-refractivity contribution in [2.75, 3.05) is 13.1 Å². The number of rotatable bonds is 4. The predicted molar refractivity (Wildman–Crippen MR) is 64.3 cm³/mol. The third kappa shape index (κ3) is 2.62. The maximum absolute atomic E-state index is 13.0. The van der Waals surface area contributed by atoms with E-state index in [4.69, 9.17) is 5.73 Å². The third-order valence-corrected chi connectivity index (χ3v) is 2.50.